The summed E-state index contributed by atoms with van der Waals surface area (Å²) in [6.07, 6.45) is 3.58. The Balaban J connectivity index is 0.00000176. The van der Waals surface area contributed by atoms with Gasteiger partial charge in [0.15, 0.2) is 0 Å². The molecule has 0 saturated carbocycles. The first-order valence-electron chi connectivity index (χ1n) is 7.17. The number of fused-ring (bicyclic) bond motifs is 1. The van der Waals surface area contributed by atoms with Crippen molar-refractivity contribution in [1.82, 2.24) is 15.0 Å². The number of hydrogen-bond donors (Lipinski definition) is 2. The van der Waals surface area contributed by atoms with Crippen molar-refractivity contribution in [2.45, 2.75) is 24.6 Å². The molecule has 1 aromatic heterocycles. The Labute approximate surface area is 137 Å². The largest absolute Gasteiger partial charge is 0.315 e. The van der Waals surface area contributed by atoms with Crippen LogP contribution in [0.1, 0.15) is 18.4 Å². The molecule has 7 heteroatoms. The Morgan fingerprint density at radius 3 is 2.86 bits per heavy atom. The standard InChI is InChI=1S/C15H19N3O2S.ClH/c19-21(20,18-14-7-3-8-16-10-14)11-13-5-1-4-12-6-2-9-17-15(12)13;/h1-2,4-6,9,14,16,18H,3,7-8,10-11H2;1H. The Hall–Kier alpha value is -1.21. The number of benzene rings is 1. The maximum atomic E-state index is 12.3. The van der Waals surface area contributed by atoms with Crippen molar-refractivity contribution >= 4 is 33.3 Å². The lowest BCUT2D eigenvalue weighted by Gasteiger charge is -2.23. The predicted molar refractivity (Wildman–Crippen MR) is 90.6 cm³/mol. The smallest absolute Gasteiger partial charge is 0.216 e. The molecule has 3 rings (SSSR count). The van der Waals surface area contributed by atoms with Crippen molar-refractivity contribution < 1.29 is 8.42 Å². The van der Waals surface area contributed by atoms with Gasteiger partial charge in [-0.15, -0.1) is 12.4 Å². The van der Waals surface area contributed by atoms with Crippen LogP contribution in [0.4, 0.5) is 0 Å². The number of hydrogen-bond acceptors (Lipinski definition) is 4. The highest BCUT2D eigenvalue weighted by Gasteiger charge is 2.21. The summed E-state index contributed by atoms with van der Waals surface area (Å²) in [5.74, 6) is -0.0299. The Bertz CT molecular complexity index is 725. The summed E-state index contributed by atoms with van der Waals surface area (Å²) < 4.78 is 27.5. The van der Waals surface area contributed by atoms with Gasteiger partial charge in [0.1, 0.15) is 0 Å². The average Bonchev–Trinajstić information content (AvgIpc) is 2.48. The second-order valence-electron chi connectivity index (χ2n) is 5.41. The van der Waals surface area contributed by atoms with Gasteiger partial charge >= 0.3 is 0 Å². The molecule has 1 atom stereocenters. The van der Waals surface area contributed by atoms with E-state index in [0.29, 0.717) is 6.54 Å². The Morgan fingerprint density at radius 1 is 1.27 bits per heavy atom. The van der Waals surface area contributed by atoms with Gasteiger partial charge in [-0.25, -0.2) is 13.1 Å². The number of para-hydroxylation sites is 1. The summed E-state index contributed by atoms with van der Waals surface area (Å²) in [4.78, 5) is 4.31. The molecule has 1 unspecified atom stereocenters. The first-order valence-corrected chi connectivity index (χ1v) is 8.83. The van der Waals surface area contributed by atoms with Crippen molar-refractivity contribution in [3.05, 3.63) is 42.1 Å². The van der Waals surface area contributed by atoms with Crippen molar-refractivity contribution in [2.24, 2.45) is 0 Å². The van der Waals surface area contributed by atoms with Crippen LogP contribution in [0.5, 0.6) is 0 Å². The zero-order valence-corrected chi connectivity index (χ0v) is 13.8. The van der Waals surface area contributed by atoms with E-state index in [1.165, 1.54) is 0 Å². The first kappa shape index (κ1) is 17.1. The van der Waals surface area contributed by atoms with Crippen LogP contribution >= 0.6 is 12.4 Å². The van der Waals surface area contributed by atoms with Gasteiger partial charge in [0.25, 0.3) is 0 Å². The molecule has 0 amide bonds. The van der Waals surface area contributed by atoms with E-state index in [9.17, 15) is 8.42 Å². The first-order chi connectivity index (χ1) is 10.1. The minimum absolute atomic E-state index is 0. The fourth-order valence-corrected chi connectivity index (χ4v) is 4.17. The minimum Gasteiger partial charge on any atom is -0.315 e. The van der Waals surface area contributed by atoms with E-state index in [-0.39, 0.29) is 24.2 Å². The van der Waals surface area contributed by atoms with Crippen LogP contribution in [-0.4, -0.2) is 32.5 Å². The van der Waals surface area contributed by atoms with Crippen molar-refractivity contribution in [3.8, 4) is 0 Å². The van der Waals surface area contributed by atoms with E-state index in [0.717, 1.165) is 35.9 Å². The molecule has 0 spiro atoms. The number of nitrogens with one attached hydrogen (secondary N) is 2. The highest BCUT2D eigenvalue weighted by atomic mass is 35.5. The summed E-state index contributed by atoms with van der Waals surface area (Å²) in [7, 11) is -3.36. The van der Waals surface area contributed by atoms with Crippen molar-refractivity contribution in [1.29, 1.82) is 0 Å². The molecule has 0 bridgehead atoms. The zero-order valence-electron chi connectivity index (χ0n) is 12.2. The van der Waals surface area contributed by atoms with E-state index in [1.54, 1.807) is 6.20 Å². The molecule has 1 aromatic carbocycles. The third-order valence-electron chi connectivity index (χ3n) is 3.70. The monoisotopic (exact) mass is 341 g/mol. The fourth-order valence-electron chi connectivity index (χ4n) is 2.74. The lowest BCUT2D eigenvalue weighted by molar-refractivity contribution is 0.428. The van der Waals surface area contributed by atoms with Gasteiger partial charge in [-0.3, -0.25) is 4.98 Å². The highest BCUT2D eigenvalue weighted by molar-refractivity contribution is 7.88. The molecular weight excluding hydrogens is 322 g/mol. The molecular formula is C15H20ClN3O2S. The van der Waals surface area contributed by atoms with Crippen LogP contribution in [0.25, 0.3) is 10.9 Å². The molecule has 5 nitrogen and oxygen atoms in total. The molecule has 2 N–H and O–H groups in total. The van der Waals surface area contributed by atoms with Crippen molar-refractivity contribution in [2.75, 3.05) is 13.1 Å². The van der Waals surface area contributed by atoms with Crippen LogP contribution in [0.2, 0.25) is 0 Å². The molecule has 120 valence electrons. The lowest BCUT2D eigenvalue weighted by atomic mass is 10.1. The average molecular weight is 342 g/mol. The molecule has 1 aliphatic heterocycles. The predicted octanol–water partition coefficient (Wildman–Crippen LogP) is 1.83. The van der Waals surface area contributed by atoms with E-state index in [2.05, 4.69) is 15.0 Å². The maximum absolute atomic E-state index is 12.3. The van der Waals surface area contributed by atoms with Gasteiger partial charge in [0.05, 0.1) is 11.3 Å². The molecule has 0 aliphatic carbocycles. The summed E-state index contributed by atoms with van der Waals surface area (Å²) in [5, 5.41) is 4.17. The number of pyridine rings is 1. The quantitative estimate of drug-likeness (QED) is 0.890. The van der Waals surface area contributed by atoms with Gasteiger partial charge in [-0.05, 0) is 31.0 Å². The van der Waals surface area contributed by atoms with Gasteiger partial charge in [0, 0.05) is 24.2 Å². The van der Waals surface area contributed by atoms with Crippen LogP contribution in [0.3, 0.4) is 0 Å². The van der Waals surface area contributed by atoms with E-state index in [1.807, 2.05) is 30.3 Å². The highest BCUT2D eigenvalue weighted by Crippen LogP contribution is 2.18. The van der Waals surface area contributed by atoms with Gasteiger partial charge in [-0.1, -0.05) is 24.3 Å². The summed E-state index contributed by atoms with van der Waals surface area (Å²) in [6, 6.07) is 9.43. The van der Waals surface area contributed by atoms with Crippen LogP contribution in [-0.2, 0) is 15.8 Å². The third-order valence-corrected chi connectivity index (χ3v) is 5.09. The molecule has 0 radical (unpaired) electrons. The molecule has 22 heavy (non-hydrogen) atoms. The summed E-state index contributed by atoms with van der Waals surface area (Å²) >= 11 is 0. The number of piperidine rings is 1. The fraction of sp³-hybridized carbons (Fsp3) is 0.400. The number of halogens is 1. The molecule has 2 heterocycles. The lowest BCUT2D eigenvalue weighted by Crippen LogP contribution is -2.45. The summed E-state index contributed by atoms with van der Waals surface area (Å²) in [5.41, 5.74) is 1.50. The van der Waals surface area contributed by atoms with E-state index < -0.39 is 10.0 Å². The maximum Gasteiger partial charge on any atom is 0.216 e. The number of aromatic nitrogens is 1. The topological polar surface area (TPSA) is 71.1 Å². The molecule has 1 aliphatic rings. The minimum atomic E-state index is -3.36. The number of nitrogens with zero attached hydrogens (tertiary/aromatic N) is 1. The van der Waals surface area contributed by atoms with Crippen LogP contribution in [0.15, 0.2) is 36.5 Å². The van der Waals surface area contributed by atoms with Crippen molar-refractivity contribution in [3.63, 3.8) is 0 Å². The van der Waals surface area contributed by atoms with Gasteiger partial charge in [-0.2, -0.15) is 0 Å². The van der Waals surface area contributed by atoms with Crippen LogP contribution < -0.4 is 10.0 Å². The summed E-state index contributed by atoms with van der Waals surface area (Å²) in [6.45, 7) is 1.67. The number of sulfonamides is 1. The van der Waals surface area contributed by atoms with Gasteiger partial charge in [0.2, 0.25) is 10.0 Å². The van der Waals surface area contributed by atoms with E-state index in [4.69, 9.17) is 0 Å². The molecule has 1 fully saturated rings. The second-order valence-corrected chi connectivity index (χ2v) is 7.17. The van der Waals surface area contributed by atoms with E-state index >= 15 is 0 Å². The Kier molecular flexibility index (Phi) is 5.74. The zero-order chi connectivity index (χ0) is 14.7. The Morgan fingerprint density at radius 2 is 2.09 bits per heavy atom. The second kappa shape index (κ2) is 7.37. The number of rotatable bonds is 4. The van der Waals surface area contributed by atoms with Gasteiger partial charge < -0.3 is 5.32 Å². The van der Waals surface area contributed by atoms with Crippen LogP contribution in [0, 0.1) is 0 Å². The molecule has 2 aromatic rings. The normalized spacial score (nSPS) is 18.8. The molecule has 1 saturated heterocycles. The third kappa shape index (κ3) is 4.16. The SMILES string of the molecule is Cl.O=S(=O)(Cc1cccc2cccnc12)NC1CCCNC1.